The van der Waals surface area contributed by atoms with Crippen molar-refractivity contribution in [3.8, 4) is 0 Å². The van der Waals surface area contributed by atoms with Gasteiger partial charge in [0.25, 0.3) is 0 Å². The fourth-order valence-electron chi connectivity index (χ4n) is 4.09. The number of para-hydroxylation sites is 1. The number of imide groups is 1. The van der Waals surface area contributed by atoms with E-state index in [0.717, 1.165) is 51.1 Å². The Labute approximate surface area is 170 Å². The van der Waals surface area contributed by atoms with Gasteiger partial charge in [-0.05, 0) is 56.4 Å². The average Bonchev–Trinajstić information content (AvgIpc) is 3.07. The third-order valence-electron chi connectivity index (χ3n) is 5.45. The Balaban J connectivity index is 1.94. The average molecular weight is 387 g/mol. The summed E-state index contributed by atoms with van der Waals surface area (Å²) in [5.74, 6) is 0. The van der Waals surface area contributed by atoms with Crippen LogP contribution in [0.5, 0.6) is 0 Å². The number of aromatic nitrogens is 1. The second-order valence-electron chi connectivity index (χ2n) is 7.73. The van der Waals surface area contributed by atoms with Crippen LogP contribution in [0, 0.1) is 6.92 Å². The number of hydrogen-bond donors (Lipinski definition) is 0. The maximum atomic E-state index is 13.5. The van der Waals surface area contributed by atoms with Crippen LogP contribution in [0.4, 0.5) is 4.79 Å². The summed E-state index contributed by atoms with van der Waals surface area (Å²) >= 11 is 0. The molecule has 148 valence electrons. The first kappa shape index (κ1) is 19.2. The van der Waals surface area contributed by atoms with Gasteiger partial charge in [0.05, 0.1) is 11.0 Å². The second-order valence-corrected chi connectivity index (χ2v) is 7.73. The van der Waals surface area contributed by atoms with Gasteiger partial charge in [-0.15, -0.1) is 0 Å². The quantitative estimate of drug-likeness (QED) is 0.469. The number of fused-ring (bicyclic) bond motifs is 5. The van der Waals surface area contributed by atoms with Gasteiger partial charge in [0.15, 0.2) is 0 Å². The van der Waals surface area contributed by atoms with E-state index in [-0.39, 0.29) is 6.03 Å². The molecule has 0 bridgehead atoms. The first-order valence-electron chi connectivity index (χ1n) is 9.85. The van der Waals surface area contributed by atoms with Crippen molar-refractivity contribution in [1.29, 1.82) is 0 Å². The Kier molecular flexibility index (Phi) is 5.07. The molecule has 0 N–H and O–H groups in total. The molecule has 5 nitrogen and oxygen atoms in total. The van der Waals surface area contributed by atoms with Gasteiger partial charge in [-0.3, -0.25) is 14.3 Å². The van der Waals surface area contributed by atoms with Crippen LogP contribution in [0.25, 0.3) is 32.6 Å². The third kappa shape index (κ3) is 3.28. The topological polar surface area (TPSA) is 45.6 Å². The number of carbonyl (C=O) groups excluding carboxylic acids is 2. The number of hydrogen-bond acceptors (Lipinski definition) is 3. The zero-order chi connectivity index (χ0) is 20.5. The fraction of sp³-hybridized carbons (Fsp3) is 0.250. The van der Waals surface area contributed by atoms with Crippen LogP contribution in [0.1, 0.15) is 12.0 Å². The monoisotopic (exact) mass is 387 g/mol. The largest absolute Gasteiger partial charge is 0.335 e. The normalized spacial score (nSPS) is 11.6. The molecular formula is C24H25N3O2. The van der Waals surface area contributed by atoms with E-state index in [1.54, 1.807) is 4.57 Å². The molecular weight excluding hydrogens is 362 g/mol. The highest BCUT2D eigenvalue weighted by Crippen LogP contribution is 2.36. The maximum Gasteiger partial charge on any atom is 0.335 e. The minimum absolute atomic E-state index is 0.302. The van der Waals surface area contributed by atoms with E-state index < -0.39 is 0 Å². The van der Waals surface area contributed by atoms with Crippen molar-refractivity contribution in [2.75, 3.05) is 27.2 Å². The van der Waals surface area contributed by atoms with E-state index in [1.807, 2.05) is 62.3 Å². The summed E-state index contributed by atoms with van der Waals surface area (Å²) in [7, 11) is 3.96. The molecule has 29 heavy (non-hydrogen) atoms. The van der Waals surface area contributed by atoms with Gasteiger partial charge in [0, 0.05) is 17.3 Å². The molecule has 5 heteroatoms. The lowest BCUT2D eigenvalue weighted by Crippen LogP contribution is -2.35. The minimum Gasteiger partial charge on any atom is -0.309 e. The first-order chi connectivity index (χ1) is 14.0. The number of amides is 2. The highest BCUT2D eigenvalue weighted by molar-refractivity contribution is 6.23. The molecule has 4 aromatic rings. The molecule has 1 aromatic heterocycles. The highest BCUT2D eigenvalue weighted by Gasteiger charge is 2.23. The summed E-state index contributed by atoms with van der Waals surface area (Å²) < 4.78 is 1.70. The molecule has 0 unspecified atom stereocenters. The number of carbonyl (C=O) groups is 2. The fourth-order valence-corrected chi connectivity index (χ4v) is 4.09. The van der Waals surface area contributed by atoms with E-state index in [2.05, 4.69) is 18.2 Å². The predicted octanol–water partition coefficient (Wildman–Crippen LogP) is 4.63. The van der Waals surface area contributed by atoms with E-state index in [9.17, 15) is 9.59 Å². The molecule has 0 fully saturated rings. The van der Waals surface area contributed by atoms with Crippen LogP contribution in [-0.2, 0) is 4.79 Å². The zero-order valence-corrected chi connectivity index (χ0v) is 17.1. The molecule has 0 aliphatic heterocycles. The standard InChI is InChI=1S/C24H25N3O2/c1-17-8-6-11-20-22-19-10-5-4-9-18(19)12-13-21(22)27(23(17)20)24(29)26(16-28)15-7-14-25(2)3/h4-6,8-13,16H,7,14-15H2,1-3H3. The van der Waals surface area contributed by atoms with E-state index in [4.69, 9.17) is 0 Å². The second kappa shape index (κ2) is 7.68. The molecule has 1 heterocycles. The van der Waals surface area contributed by atoms with Gasteiger partial charge in [-0.25, -0.2) is 4.79 Å². The Morgan fingerprint density at radius 3 is 2.48 bits per heavy atom. The van der Waals surface area contributed by atoms with Gasteiger partial charge in [0.1, 0.15) is 0 Å². The number of benzene rings is 3. The lowest BCUT2D eigenvalue weighted by atomic mass is 10.0. The molecule has 4 rings (SSSR count). The van der Waals surface area contributed by atoms with Gasteiger partial charge >= 0.3 is 6.03 Å². The van der Waals surface area contributed by atoms with Crippen molar-refractivity contribution in [3.05, 3.63) is 60.2 Å². The summed E-state index contributed by atoms with van der Waals surface area (Å²) in [5, 5.41) is 4.32. The zero-order valence-electron chi connectivity index (χ0n) is 17.1. The summed E-state index contributed by atoms with van der Waals surface area (Å²) in [5.41, 5.74) is 2.70. The van der Waals surface area contributed by atoms with E-state index in [0.29, 0.717) is 13.0 Å². The number of rotatable bonds is 5. The molecule has 0 saturated heterocycles. The van der Waals surface area contributed by atoms with Crippen LogP contribution in [0.15, 0.2) is 54.6 Å². The van der Waals surface area contributed by atoms with Crippen LogP contribution in [-0.4, -0.2) is 54.0 Å². The molecule has 0 radical (unpaired) electrons. The predicted molar refractivity (Wildman–Crippen MR) is 118 cm³/mol. The molecule has 0 spiro atoms. The Morgan fingerprint density at radius 1 is 0.966 bits per heavy atom. The van der Waals surface area contributed by atoms with Gasteiger partial charge < -0.3 is 4.90 Å². The van der Waals surface area contributed by atoms with Crippen LogP contribution < -0.4 is 0 Å². The lowest BCUT2D eigenvalue weighted by molar-refractivity contribution is -0.115. The van der Waals surface area contributed by atoms with Crippen molar-refractivity contribution in [2.24, 2.45) is 0 Å². The Morgan fingerprint density at radius 2 is 1.72 bits per heavy atom. The van der Waals surface area contributed by atoms with Crippen molar-refractivity contribution < 1.29 is 9.59 Å². The smallest absolute Gasteiger partial charge is 0.309 e. The maximum absolute atomic E-state index is 13.5. The van der Waals surface area contributed by atoms with Crippen molar-refractivity contribution >= 4 is 45.0 Å². The molecule has 0 aliphatic carbocycles. The van der Waals surface area contributed by atoms with Crippen LogP contribution in [0.3, 0.4) is 0 Å². The van der Waals surface area contributed by atoms with E-state index >= 15 is 0 Å². The van der Waals surface area contributed by atoms with Gasteiger partial charge in [0.2, 0.25) is 6.41 Å². The first-order valence-corrected chi connectivity index (χ1v) is 9.85. The van der Waals surface area contributed by atoms with Crippen molar-refractivity contribution in [2.45, 2.75) is 13.3 Å². The Hall–Kier alpha value is -3.18. The van der Waals surface area contributed by atoms with Crippen molar-refractivity contribution in [1.82, 2.24) is 14.4 Å². The molecule has 0 atom stereocenters. The van der Waals surface area contributed by atoms with E-state index in [1.165, 1.54) is 4.90 Å². The molecule has 0 saturated carbocycles. The van der Waals surface area contributed by atoms with Crippen LogP contribution in [0.2, 0.25) is 0 Å². The molecule has 3 aromatic carbocycles. The van der Waals surface area contributed by atoms with Crippen molar-refractivity contribution in [3.63, 3.8) is 0 Å². The molecule has 0 aliphatic rings. The van der Waals surface area contributed by atoms with Gasteiger partial charge in [-0.2, -0.15) is 0 Å². The SMILES string of the molecule is Cc1cccc2c3c4ccccc4ccc3n(C(=O)N(C=O)CCCN(C)C)c12. The highest BCUT2D eigenvalue weighted by atomic mass is 16.2. The summed E-state index contributed by atoms with van der Waals surface area (Å²) in [6, 6.07) is 18.0. The summed E-state index contributed by atoms with van der Waals surface area (Å²) in [4.78, 5) is 28.6. The number of nitrogens with zero attached hydrogens (tertiary/aromatic N) is 3. The third-order valence-corrected chi connectivity index (χ3v) is 5.45. The summed E-state index contributed by atoms with van der Waals surface area (Å²) in [6.45, 7) is 3.21. The summed E-state index contributed by atoms with van der Waals surface area (Å²) in [6.07, 6.45) is 1.38. The molecule has 2 amide bonds. The Bertz CT molecular complexity index is 1220. The lowest BCUT2D eigenvalue weighted by Gasteiger charge is -2.19. The minimum atomic E-state index is -0.302. The number of aryl methyl sites for hydroxylation is 1. The van der Waals surface area contributed by atoms with Crippen LogP contribution >= 0.6 is 0 Å². The van der Waals surface area contributed by atoms with Gasteiger partial charge in [-0.1, -0.05) is 48.5 Å².